The molecule has 0 radical (unpaired) electrons. The Morgan fingerprint density at radius 2 is 1.67 bits per heavy atom. The Morgan fingerprint density at radius 1 is 1.00 bits per heavy atom. The van der Waals surface area contributed by atoms with Crippen molar-refractivity contribution in [3.8, 4) is 0 Å². The minimum Gasteiger partial charge on any atom is -0.355 e. The zero-order chi connectivity index (χ0) is 15.7. The van der Waals surface area contributed by atoms with Crippen molar-refractivity contribution in [3.05, 3.63) is 0 Å². The summed E-state index contributed by atoms with van der Waals surface area (Å²) >= 11 is 0. The van der Waals surface area contributed by atoms with Gasteiger partial charge in [-0.3, -0.25) is 19.4 Å². The number of nitrogens with one attached hydrogen (secondary N) is 1. The average molecular weight is 298 g/mol. The lowest BCUT2D eigenvalue weighted by molar-refractivity contribution is -0.132. The van der Waals surface area contributed by atoms with Crippen LogP contribution in [-0.4, -0.2) is 86.4 Å². The lowest BCUT2D eigenvalue weighted by Crippen LogP contribution is -2.43. The van der Waals surface area contributed by atoms with Gasteiger partial charge in [0.05, 0.1) is 13.1 Å². The molecule has 1 saturated heterocycles. The molecule has 0 aromatic carbocycles. The fourth-order valence-corrected chi connectivity index (χ4v) is 2.53. The van der Waals surface area contributed by atoms with Gasteiger partial charge in [0, 0.05) is 19.6 Å². The molecule has 0 atom stereocenters. The molecule has 0 aromatic heterocycles. The van der Waals surface area contributed by atoms with Crippen LogP contribution in [0.1, 0.15) is 26.2 Å². The van der Waals surface area contributed by atoms with Crippen LogP contribution >= 0.6 is 0 Å². The second-order valence-electron chi connectivity index (χ2n) is 5.91. The van der Waals surface area contributed by atoms with Crippen LogP contribution in [0.5, 0.6) is 0 Å². The molecule has 6 heteroatoms. The molecule has 1 aliphatic heterocycles. The van der Waals surface area contributed by atoms with E-state index >= 15 is 0 Å². The van der Waals surface area contributed by atoms with Gasteiger partial charge in [0.2, 0.25) is 11.8 Å². The molecule has 0 saturated carbocycles. The number of carbonyl (C=O) groups excluding carboxylic acids is 2. The standard InChI is InChI=1S/C15H30N4O2/c1-4-8-19-11-5-7-16-14(20)12-17(2)9-6-10-18(3)13-15(19)21/h4-13H2,1-3H3,(H,16,20). The normalized spacial score (nSPS) is 22.0. The number of amides is 2. The number of likely N-dealkylation sites (N-methyl/N-ethyl adjacent to an activating group) is 2. The third-order valence-electron chi connectivity index (χ3n) is 3.67. The Hall–Kier alpha value is -1.14. The molecule has 6 nitrogen and oxygen atoms in total. The summed E-state index contributed by atoms with van der Waals surface area (Å²) in [6, 6.07) is 0. The predicted octanol–water partition coefficient (Wildman–Crippen LogP) is -0.00140. The molecule has 122 valence electrons. The third-order valence-corrected chi connectivity index (χ3v) is 3.67. The molecule has 1 rings (SSSR count). The monoisotopic (exact) mass is 298 g/mol. The highest BCUT2D eigenvalue weighted by atomic mass is 16.2. The maximum Gasteiger partial charge on any atom is 0.236 e. The molecule has 0 aromatic rings. The van der Waals surface area contributed by atoms with Gasteiger partial charge < -0.3 is 10.2 Å². The second-order valence-corrected chi connectivity index (χ2v) is 5.91. The van der Waals surface area contributed by atoms with Gasteiger partial charge in [0.25, 0.3) is 0 Å². The van der Waals surface area contributed by atoms with Crippen LogP contribution in [0.4, 0.5) is 0 Å². The van der Waals surface area contributed by atoms with Crippen LogP contribution in [0.25, 0.3) is 0 Å². The molecule has 1 heterocycles. The zero-order valence-electron chi connectivity index (χ0n) is 13.7. The van der Waals surface area contributed by atoms with E-state index in [4.69, 9.17) is 0 Å². The van der Waals surface area contributed by atoms with Crippen LogP contribution in [-0.2, 0) is 9.59 Å². The number of nitrogens with zero attached hydrogens (tertiary/aromatic N) is 3. The molecule has 0 unspecified atom stereocenters. The quantitative estimate of drug-likeness (QED) is 0.780. The van der Waals surface area contributed by atoms with Crippen molar-refractivity contribution < 1.29 is 9.59 Å². The topological polar surface area (TPSA) is 55.9 Å². The van der Waals surface area contributed by atoms with Crippen molar-refractivity contribution in [1.29, 1.82) is 0 Å². The van der Waals surface area contributed by atoms with Crippen molar-refractivity contribution in [3.63, 3.8) is 0 Å². The van der Waals surface area contributed by atoms with E-state index in [1.807, 2.05) is 23.9 Å². The summed E-state index contributed by atoms with van der Waals surface area (Å²) in [5.41, 5.74) is 0. The lowest BCUT2D eigenvalue weighted by Gasteiger charge is -2.26. The lowest BCUT2D eigenvalue weighted by atomic mass is 10.3. The van der Waals surface area contributed by atoms with E-state index in [-0.39, 0.29) is 11.8 Å². The smallest absolute Gasteiger partial charge is 0.236 e. The minimum absolute atomic E-state index is 0.0660. The second kappa shape index (κ2) is 9.73. The molecule has 0 aliphatic carbocycles. The van der Waals surface area contributed by atoms with Crippen LogP contribution in [0.15, 0.2) is 0 Å². The van der Waals surface area contributed by atoms with Crippen molar-refractivity contribution in [2.24, 2.45) is 0 Å². The van der Waals surface area contributed by atoms with E-state index in [1.165, 1.54) is 0 Å². The van der Waals surface area contributed by atoms with Gasteiger partial charge in [0.15, 0.2) is 0 Å². The first-order chi connectivity index (χ1) is 10.0. The maximum absolute atomic E-state index is 12.3. The van der Waals surface area contributed by atoms with Gasteiger partial charge in [0.1, 0.15) is 0 Å². The molecular formula is C15H30N4O2. The summed E-state index contributed by atoms with van der Waals surface area (Å²) in [4.78, 5) is 30.1. The Bertz CT molecular complexity index is 336. The number of carbonyl (C=O) groups is 2. The first kappa shape index (κ1) is 17.9. The SMILES string of the molecule is CCCN1CCCNC(=O)CN(C)CCCN(C)CC1=O. The van der Waals surface area contributed by atoms with Crippen molar-refractivity contribution in [1.82, 2.24) is 20.0 Å². The van der Waals surface area contributed by atoms with E-state index in [0.29, 0.717) is 19.6 Å². The number of rotatable bonds is 2. The van der Waals surface area contributed by atoms with Gasteiger partial charge in [-0.25, -0.2) is 0 Å². The Balaban J connectivity index is 2.59. The molecule has 1 aliphatic rings. The summed E-state index contributed by atoms with van der Waals surface area (Å²) in [7, 11) is 3.94. The van der Waals surface area contributed by atoms with E-state index in [1.54, 1.807) is 0 Å². The summed E-state index contributed by atoms with van der Waals surface area (Å²) < 4.78 is 0. The Labute approximate surface area is 128 Å². The molecule has 0 bridgehead atoms. The maximum atomic E-state index is 12.3. The zero-order valence-corrected chi connectivity index (χ0v) is 13.7. The molecule has 1 N–H and O–H groups in total. The van der Waals surface area contributed by atoms with Gasteiger partial charge in [-0.1, -0.05) is 6.92 Å². The van der Waals surface area contributed by atoms with Crippen molar-refractivity contribution >= 4 is 11.8 Å². The summed E-state index contributed by atoms with van der Waals surface area (Å²) in [5.74, 6) is 0.257. The Morgan fingerprint density at radius 3 is 2.33 bits per heavy atom. The highest BCUT2D eigenvalue weighted by molar-refractivity contribution is 5.78. The summed E-state index contributed by atoms with van der Waals surface area (Å²) in [5, 5.41) is 2.92. The van der Waals surface area contributed by atoms with Crippen LogP contribution in [0, 0.1) is 0 Å². The third kappa shape index (κ3) is 7.43. The van der Waals surface area contributed by atoms with E-state index in [0.717, 1.165) is 45.4 Å². The number of hydrogen-bond acceptors (Lipinski definition) is 4. The van der Waals surface area contributed by atoms with Gasteiger partial charge in [-0.15, -0.1) is 0 Å². The molecule has 2 amide bonds. The summed E-state index contributed by atoms with van der Waals surface area (Å²) in [6.07, 6.45) is 2.73. The molecule has 0 spiro atoms. The first-order valence-corrected chi connectivity index (χ1v) is 7.94. The first-order valence-electron chi connectivity index (χ1n) is 7.94. The van der Waals surface area contributed by atoms with E-state index < -0.39 is 0 Å². The van der Waals surface area contributed by atoms with Crippen LogP contribution < -0.4 is 5.32 Å². The van der Waals surface area contributed by atoms with Crippen LogP contribution in [0.2, 0.25) is 0 Å². The largest absolute Gasteiger partial charge is 0.355 e. The van der Waals surface area contributed by atoms with Crippen molar-refractivity contribution in [2.75, 3.05) is 59.9 Å². The molecular weight excluding hydrogens is 268 g/mol. The van der Waals surface area contributed by atoms with Crippen molar-refractivity contribution in [2.45, 2.75) is 26.2 Å². The highest BCUT2D eigenvalue weighted by Gasteiger charge is 2.15. The molecule has 1 fully saturated rings. The van der Waals surface area contributed by atoms with Crippen LogP contribution in [0.3, 0.4) is 0 Å². The summed E-state index contributed by atoms with van der Waals surface area (Å²) in [6.45, 7) is 6.90. The fraction of sp³-hybridized carbons (Fsp3) is 0.867. The average Bonchev–Trinajstić information content (AvgIpc) is 2.41. The Kier molecular flexibility index (Phi) is 8.30. The van der Waals surface area contributed by atoms with E-state index in [9.17, 15) is 9.59 Å². The highest BCUT2D eigenvalue weighted by Crippen LogP contribution is 1.99. The molecule has 21 heavy (non-hydrogen) atoms. The predicted molar refractivity (Wildman–Crippen MR) is 84.1 cm³/mol. The van der Waals surface area contributed by atoms with E-state index in [2.05, 4.69) is 17.1 Å². The van der Waals surface area contributed by atoms with Gasteiger partial charge >= 0.3 is 0 Å². The number of hydrogen-bond donors (Lipinski definition) is 1. The fourth-order valence-electron chi connectivity index (χ4n) is 2.53. The minimum atomic E-state index is 0.0660. The van der Waals surface area contributed by atoms with Gasteiger partial charge in [-0.2, -0.15) is 0 Å². The van der Waals surface area contributed by atoms with Gasteiger partial charge in [-0.05, 0) is 46.4 Å².